The van der Waals surface area contributed by atoms with E-state index in [4.69, 9.17) is 10.5 Å². The van der Waals surface area contributed by atoms with Gasteiger partial charge in [-0.15, -0.1) is 0 Å². The first-order valence-corrected chi connectivity index (χ1v) is 7.40. The number of benzene rings is 1. The van der Waals surface area contributed by atoms with Crippen molar-refractivity contribution in [2.24, 2.45) is 11.7 Å². The zero-order valence-electron chi connectivity index (χ0n) is 12.1. The van der Waals surface area contributed by atoms with Crippen molar-refractivity contribution in [3.63, 3.8) is 0 Å². The molecule has 1 unspecified atom stereocenters. The van der Waals surface area contributed by atoms with Gasteiger partial charge in [0.25, 0.3) is 5.91 Å². The van der Waals surface area contributed by atoms with Crippen LogP contribution < -0.4 is 11.1 Å². The maximum absolute atomic E-state index is 12.0. The van der Waals surface area contributed by atoms with Crippen molar-refractivity contribution in [3.8, 4) is 0 Å². The van der Waals surface area contributed by atoms with Gasteiger partial charge in [0.05, 0.1) is 6.61 Å². The summed E-state index contributed by atoms with van der Waals surface area (Å²) in [6.07, 6.45) is 4.64. The Kier molecular flexibility index (Phi) is 5.56. The molecule has 20 heavy (non-hydrogen) atoms. The highest BCUT2D eigenvalue weighted by atomic mass is 16.5. The number of carbonyl (C=O) groups excluding carboxylic acids is 1. The minimum absolute atomic E-state index is 0.0940. The summed E-state index contributed by atoms with van der Waals surface area (Å²) in [6, 6.07) is 7.56. The molecule has 2 rings (SSSR count). The van der Waals surface area contributed by atoms with Crippen LogP contribution in [0, 0.1) is 5.92 Å². The van der Waals surface area contributed by atoms with E-state index >= 15 is 0 Å². The molecule has 1 aliphatic rings. The lowest BCUT2D eigenvalue weighted by Crippen LogP contribution is -2.29. The van der Waals surface area contributed by atoms with E-state index in [9.17, 15) is 4.79 Å². The Bertz CT molecular complexity index is 425. The number of nitrogens with one attached hydrogen (secondary N) is 1. The molecule has 0 heterocycles. The molecule has 0 saturated heterocycles. The second kappa shape index (κ2) is 7.41. The fraction of sp³-hybridized carbons (Fsp3) is 0.562. The van der Waals surface area contributed by atoms with Gasteiger partial charge in [0, 0.05) is 12.2 Å². The number of hydrogen-bond donors (Lipinski definition) is 2. The van der Waals surface area contributed by atoms with Crippen LogP contribution in [0.1, 0.15) is 38.2 Å². The summed E-state index contributed by atoms with van der Waals surface area (Å²) in [4.78, 5) is 12.0. The molecule has 1 fully saturated rings. The topological polar surface area (TPSA) is 64.3 Å². The molecule has 0 aliphatic heterocycles. The van der Waals surface area contributed by atoms with E-state index in [-0.39, 0.29) is 5.91 Å². The normalized spacial score (nSPS) is 17.1. The van der Waals surface area contributed by atoms with E-state index < -0.39 is 6.10 Å². The molecule has 1 amide bonds. The van der Waals surface area contributed by atoms with Crippen LogP contribution in [0.15, 0.2) is 24.3 Å². The molecule has 0 radical (unpaired) electrons. The lowest BCUT2D eigenvalue weighted by atomic mass is 10.1. The molecule has 0 spiro atoms. The van der Waals surface area contributed by atoms with Gasteiger partial charge in [-0.25, -0.2) is 0 Å². The Labute approximate surface area is 120 Å². The van der Waals surface area contributed by atoms with Crippen molar-refractivity contribution < 1.29 is 9.53 Å². The third kappa shape index (κ3) is 4.32. The first-order valence-electron chi connectivity index (χ1n) is 7.40. The Morgan fingerprint density at radius 1 is 1.35 bits per heavy atom. The number of anilines is 1. The third-order valence-electron chi connectivity index (χ3n) is 3.88. The predicted molar refractivity (Wildman–Crippen MR) is 80.3 cm³/mol. The summed E-state index contributed by atoms with van der Waals surface area (Å²) in [5, 5.41) is 2.86. The minimum Gasteiger partial charge on any atom is -0.368 e. The second-order valence-corrected chi connectivity index (χ2v) is 5.52. The van der Waals surface area contributed by atoms with Gasteiger partial charge in [-0.2, -0.15) is 0 Å². The monoisotopic (exact) mass is 276 g/mol. The first kappa shape index (κ1) is 15.0. The molecule has 4 heteroatoms. The number of amides is 1. The average Bonchev–Trinajstić information content (AvgIpc) is 2.98. The SMILES string of the molecule is CC(OCC1CCCC1)C(=O)Nc1ccc(CN)cc1. The van der Waals surface area contributed by atoms with Crippen molar-refractivity contribution in [2.45, 2.75) is 45.3 Å². The van der Waals surface area contributed by atoms with Crippen LogP contribution in [-0.2, 0) is 16.1 Å². The summed E-state index contributed by atoms with van der Waals surface area (Å²) in [7, 11) is 0. The Morgan fingerprint density at radius 3 is 2.60 bits per heavy atom. The van der Waals surface area contributed by atoms with E-state index in [1.54, 1.807) is 6.92 Å². The molecule has 110 valence electrons. The van der Waals surface area contributed by atoms with E-state index in [2.05, 4.69) is 5.32 Å². The number of hydrogen-bond acceptors (Lipinski definition) is 3. The maximum Gasteiger partial charge on any atom is 0.253 e. The van der Waals surface area contributed by atoms with Crippen LogP contribution in [0.4, 0.5) is 5.69 Å². The van der Waals surface area contributed by atoms with Gasteiger partial charge in [-0.3, -0.25) is 4.79 Å². The minimum atomic E-state index is -0.412. The molecular weight excluding hydrogens is 252 g/mol. The lowest BCUT2D eigenvalue weighted by Gasteiger charge is -2.16. The van der Waals surface area contributed by atoms with Crippen molar-refractivity contribution in [1.82, 2.24) is 0 Å². The standard InChI is InChI=1S/C16H24N2O2/c1-12(20-11-14-4-2-3-5-14)16(19)18-15-8-6-13(10-17)7-9-15/h6-9,12,14H,2-5,10-11,17H2,1H3,(H,18,19). The number of carbonyl (C=O) groups is 1. The molecule has 4 nitrogen and oxygen atoms in total. The number of nitrogens with two attached hydrogens (primary N) is 1. The van der Waals surface area contributed by atoms with Gasteiger partial charge in [0.1, 0.15) is 6.10 Å². The summed E-state index contributed by atoms with van der Waals surface area (Å²) < 4.78 is 5.67. The highest BCUT2D eigenvalue weighted by Gasteiger charge is 2.19. The summed E-state index contributed by atoms with van der Waals surface area (Å²) in [6.45, 7) is 3.01. The number of ether oxygens (including phenoxy) is 1. The molecule has 1 aromatic rings. The molecule has 0 bridgehead atoms. The van der Waals surface area contributed by atoms with Crippen LogP contribution in [0.25, 0.3) is 0 Å². The largest absolute Gasteiger partial charge is 0.368 e. The fourth-order valence-electron chi connectivity index (χ4n) is 2.50. The zero-order valence-corrected chi connectivity index (χ0v) is 12.1. The van der Waals surface area contributed by atoms with Crippen molar-refractivity contribution in [2.75, 3.05) is 11.9 Å². The van der Waals surface area contributed by atoms with Gasteiger partial charge in [-0.1, -0.05) is 25.0 Å². The summed E-state index contributed by atoms with van der Waals surface area (Å²) in [5.41, 5.74) is 7.37. The predicted octanol–water partition coefficient (Wildman–Crippen LogP) is 2.68. The van der Waals surface area contributed by atoms with Crippen LogP contribution in [0.2, 0.25) is 0 Å². The van der Waals surface area contributed by atoms with Crippen LogP contribution in [0.5, 0.6) is 0 Å². The summed E-state index contributed by atoms with van der Waals surface area (Å²) in [5.74, 6) is 0.539. The van der Waals surface area contributed by atoms with Crippen molar-refractivity contribution in [3.05, 3.63) is 29.8 Å². The van der Waals surface area contributed by atoms with Crippen LogP contribution in [-0.4, -0.2) is 18.6 Å². The van der Waals surface area contributed by atoms with Crippen LogP contribution >= 0.6 is 0 Å². The Hall–Kier alpha value is -1.39. The summed E-state index contributed by atoms with van der Waals surface area (Å²) >= 11 is 0. The van der Waals surface area contributed by atoms with Gasteiger partial charge in [0.15, 0.2) is 0 Å². The molecule has 1 saturated carbocycles. The van der Waals surface area contributed by atoms with Crippen molar-refractivity contribution in [1.29, 1.82) is 0 Å². The van der Waals surface area contributed by atoms with Gasteiger partial charge >= 0.3 is 0 Å². The lowest BCUT2D eigenvalue weighted by molar-refractivity contribution is -0.127. The highest BCUT2D eigenvalue weighted by molar-refractivity contribution is 5.93. The second-order valence-electron chi connectivity index (χ2n) is 5.52. The van der Waals surface area contributed by atoms with E-state index in [1.807, 2.05) is 24.3 Å². The smallest absolute Gasteiger partial charge is 0.253 e. The average molecular weight is 276 g/mol. The van der Waals surface area contributed by atoms with Gasteiger partial charge in [0.2, 0.25) is 0 Å². The van der Waals surface area contributed by atoms with E-state index in [1.165, 1.54) is 25.7 Å². The Morgan fingerprint density at radius 2 is 2.00 bits per heavy atom. The Balaban J connectivity index is 1.77. The molecule has 1 aliphatic carbocycles. The van der Waals surface area contributed by atoms with E-state index in [0.717, 1.165) is 11.3 Å². The number of rotatable bonds is 6. The quantitative estimate of drug-likeness (QED) is 0.839. The molecule has 1 atom stereocenters. The highest BCUT2D eigenvalue weighted by Crippen LogP contribution is 2.25. The fourth-order valence-corrected chi connectivity index (χ4v) is 2.50. The van der Waals surface area contributed by atoms with Gasteiger partial charge < -0.3 is 15.8 Å². The maximum atomic E-state index is 12.0. The van der Waals surface area contributed by atoms with Crippen molar-refractivity contribution >= 4 is 11.6 Å². The first-order chi connectivity index (χ1) is 9.69. The molecule has 0 aromatic heterocycles. The molecular formula is C16H24N2O2. The molecule has 3 N–H and O–H groups in total. The van der Waals surface area contributed by atoms with Gasteiger partial charge in [-0.05, 0) is 43.4 Å². The molecule has 1 aromatic carbocycles. The zero-order chi connectivity index (χ0) is 14.4. The third-order valence-corrected chi connectivity index (χ3v) is 3.88. The van der Waals surface area contributed by atoms with E-state index in [0.29, 0.717) is 19.1 Å². The van der Waals surface area contributed by atoms with Crippen LogP contribution in [0.3, 0.4) is 0 Å².